The van der Waals surface area contributed by atoms with Gasteiger partial charge in [-0.25, -0.2) is 9.69 Å². The van der Waals surface area contributed by atoms with E-state index in [2.05, 4.69) is 30.2 Å². The Labute approximate surface area is 130 Å². The van der Waals surface area contributed by atoms with Crippen molar-refractivity contribution in [3.05, 3.63) is 11.8 Å². The van der Waals surface area contributed by atoms with Crippen molar-refractivity contribution in [2.75, 3.05) is 6.54 Å². The van der Waals surface area contributed by atoms with Crippen molar-refractivity contribution in [2.24, 2.45) is 10.9 Å². The summed E-state index contributed by atoms with van der Waals surface area (Å²) in [5.41, 5.74) is 0.382. The molecule has 0 aromatic rings. The highest BCUT2D eigenvalue weighted by Gasteiger charge is 2.41. The Morgan fingerprint density at radius 1 is 1.50 bits per heavy atom. The van der Waals surface area contributed by atoms with Crippen LogP contribution in [-0.4, -0.2) is 46.2 Å². The number of amidine groups is 1. The first-order valence-corrected chi connectivity index (χ1v) is 7.69. The van der Waals surface area contributed by atoms with E-state index < -0.39 is 0 Å². The molecule has 0 aromatic carbocycles. The van der Waals surface area contributed by atoms with Crippen LogP contribution in [0.2, 0.25) is 0 Å². The van der Waals surface area contributed by atoms with E-state index in [9.17, 15) is 9.59 Å². The van der Waals surface area contributed by atoms with Gasteiger partial charge in [0.05, 0.1) is 18.2 Å². The number of rotatable bonds is 3. The summed E-state index contributed by atoms with van der Waals surface area (Å²) in [6, 6.07) is 2.21. The first kappa shape index (κ1) is 14.6. The lowest BCUT2D eigenvalue weighted by atomic mass is 9.93. The van der Waals surface area contributed by atoms with Gasteiger partial charge in [0.2, 0.25) is 0 Å². The maximum Gasteiger partial charge on any atom is 0.341 e. The fourth-order valence-electron chi connectivity index (χ4n) is 2.73. The van der Waals surface area contributed by atoms with Gasteiger partial charge in [0, 0.05) is 18.3 Å². The van der Waals surface area contributed by atoms with Gasteiger partial charge in [-0.1, -0.05) is 20.3 Å². The molecule has 1 aliphatic carbocycles. The van der Waals surface area contributed by atoms with E-state index in [0.717, 1.165) is 24.2 Å². The SMILES string of the molecule is C#CN1C=C(C(=O)NC2CCC2)C2=N[C@@H](C(C)C)CN2C1=O. The molecule has 0 saturated heterocycles. The van der Waals surface area contributed by atoms with E-state index in [1.165, 1.54) is 11.1 Å². The molecule has 22 heavy (non-hydrogen) atoms. The molecule has 3 rings (SSSR count). The second-order valence-electron chi connectivity index (χ2n) is 6.30. The van der Waals surface area contributed by atoms with Gasteiger partial charge in [0.1, 0.15) is 5.84 Å². The molecule has 6 nitrogen and oxygen atoms in total. The Hall–Kier alpha value is -2.29. The van der Waals surface area contributed by atoms with E-state index in [1.807, 2.05) is 0 Å². The molecule has 6 heteroatoms. The Morgan fingerprint density at radius 2 is 2.23 bits per heavy atom. The van der Waals surface area contributed by atoms with Gasteiger partial charge in [-0.2, -0.15) is 0 Å². The first-order valence-electron chi connectivity index (χ1n) is 7.69. The average Bonchev–Trinajstić information content (AvgIpc) is 2.89. The Balaban J connectivity index is 1.90. The summed E-state index contributed by atoms with van der Waals surface area (Å²) >= 11 is 0. The molecule has 0 spiro atoms. The van der Waals surface area contributed by atoms with Crippen LogP contribution in [0.3, 0.4) is 0 Å². The number of terminal acetylenes is 1. The molecule has 2 aliphatic heterocycles. The number of amides is 3. The van der Waals surface area contributed by atoms with Crippen LogP contribution in [-0.2, 0) is 4.79 Å². The van der Waals surface area contributed by atoms with Gasteiger partial charge in [-0.05, 0) is 25.2 Å². The second kappa shape index (κ2) is 5.48. The number of fused-ring (bicyclic) bond motifs is 1. The Kier molecular flexibility index (Phi) is 3.65. The molecule has 0 bridgehead atoms. The monoisotopic (exact) mass is 300 g/mol. The van der Waals surface area contributed by atoms with E-state index in [4.69, 9.17) is 6.42 Å². The van der Waals surface area contributed by atoms with Crippen molar-refractivity contribution >= 4 is 17.8 Å². The van der Waals surface area contributed by atoms with Gasteiger partial charge < -0.3 is 5.32 Å². The third-order valence-corrected chi connectivity index (χ3v) is 4.44. The fraction of sp³-hybridized carbons (Fsp3) is 0.562. The lowest BCUT2D eigenvalue weighted by molar-refractivity contribution is -0.118. The zero-order chi connectivity index (χ0) is 15.9. The zero-order valence-corrected chi connectivity index (χ0v) is 12.9. The van der Waals surface area contributed by atoms with Gasteiger partial charge >= 0.3 is 6.03 Å². The van der Waals surface area contributed by atoms with Gasteiger partial charge in [0.25, 0.3) is 5.91 Å². The highest BCUT2D eigenvalue weighted by Crippen LogP contribution is 2.26. The van der Waals surface area contributed by atoms with Crippen LogP contribution in [0.1, 0.15) is 33.1 Å². The van der Waals surface area contributed by atoms with Crippen molar-refractivity contribution in [2.45, 2.75) is 45.2 Å². The fourth-order valence-corrected chi connectivity index (χ4v) is 2.73. The number of nitrogens with zero attached hydrogens (tertiary/aromatic N) is 3. The number of carbonyl (C=O) groups excluding carboxylic acids is 2. The summed E-state index contributed by atoms with van der Waals surface area (Å²) in [7, 11) is 0. The summed E-state index contributed by atoms with van der Waals surface area (Å²) in [5.74, 6) is 0.541. The number of hydrogen-bond acceptors (Lipinski definition) is 3. The molecule has 3 amide bonds. The van der Waals surface area contributed by atoms with Gasteiger partial charge in [0.15, 0.2) is 0 Å². The number of hydrogen-bond donors (Lipinski definition) is 1. The maximum atomic E-state index is 12.5. The second-order valence-corrected chi connectivity index (χ2v) is 6.30. The normalized spacial score (nSPS) is 24.5. The van der Waals surface area contributed by atoms with E-state index in [-0.39, 0.29) is 24.0 Å². The molecule has 3 aliphatic rings. The van der Waals surface area contributed by atoms with Gasteiger partial charge in [-0.15, -0.1) is 0 Å². The lowest BCUT2D eigenvalue weighted by Gasteiger charge is -2.31. The molecular weight excluding hydrogens is 280 g/mol. The topological polar surface area (TPSA) is 65.0 Å². The molecule has 1 N–H and O–H groups in total. The predicted molar refractivity (Wildman–Crippen MR) is 82.7 cm³/mol. The molecule has 1 saturated carbocycles. The molecular formula is C16H20N4O2. The third kappa shape index (κ3) is 2.37. The molecule has 2 heterocycles. The quantitative estimate of drug-likeness (QED) is 0.799. The minimum Gasteiger partial charge on any atom is -0.349 e. The highest BCUT2D eigenvalue weighted by molar-refractivity contribution is 6.26. The molecule has 1 atom stereocenters. The number of aliphatic imine (C=N–C) groups is 1. The average molecular weight is 300 g/mol. The third-order valence-electron chi connectivity index (χ3n) is 4.44. The highest BCUT2D eigenvalue weighted by atomic mass is 16.2. The van der Waals surface area contributed by atoms with Crippen molar-refractivity contribution in [3.8, 4) is 12.5 Å². The zero-order valence-electron chi connectivity index (χ0n) is 12.9. The largest absolute Gasteiger partial charge is 0.349 e. The number of urea groups is 1. The van der Waals surface area contributed by atoms with Crippen LogP contribution in [0.25, 0.3) is 0 Å². The van der Waals surface area contributed by atoms with E-state index in [1.54, 1.807) is 0 Å². The minimum absolute atomic E-state index is 0.00317. The lowest BCUT2D eigenvalue weighted by Crippen LogP contribution is -2.50. The van der Waals surface area contributed by atoms with Crippen LogP contribution < -0.4 is 5.32 Å². The van der Waals surface area contributed by atoms with Crippen LogP contribution in [0, 0.1) is 18.4 Å². The first-order chi connectivity index (χ1) is 10.5. The standard InChI is InChI=1S/C16H20N4O2/c1-4-19-8-12(15(21)17-11-6-5-7-11)14-18-13(10(2)3)9-20(14)16(19)22/h1,8,10-11,13H,5-7,9H2,2-3H3,(H,17,21)/t13-/m1/s1. The van der Waals surface area contributed by atoms with Gasteiger partial charge in [-0.3, -0.25) is 14.7 Å². The predicted octanol–water partition coefficient (Wildman–Crippen LogP) is 1.30. The van der Waals surface area contributed by atoms with Crippen LogP contribution in [0.5, 0.6) is 0 Å². The molecule has 0 unspecified atom stereocenters. The van der Waals surface area contributed by atoms with E-state index >= 15 is 0 Å². The van der Waals surface area contributed by atoms with Crippen LogP contribution in [0.15, 0.2) is 16.8 Å². The van der Waals surface area contributed by atoms with Crippen molar-refractivity contribution in [1.29, 1.82) is 0 Å². The van der Waals surface area contributed by atoms with Crippen LogP contribution in [0.4, 0.5) is 4.79 Å². The summed E-state index contributed by atoms with van der Waals surface area (Å²) in [6.45, 7) is 4.57. The number of carbonyl (C=O) groups is 2. The summed E-state index contributed by atoms with van der Waals surface area (Å²) in [5, 5.41) is 2.98. The summed E-state index contributed by atoms with van der Waals surface area (Å²) < 4.78 is 0. The Bertz CT molecular complexity index is 610. The molecule has 0 radical (unpaired) electrons. The summed E-state index contributed by atoms with van der Waals surface area (Å²) in [6.07, 6.45) is 9.95. The Morgan fingerprint density at radius 3 is 2.77 bits per heavy atom. The van der Waals surface area contributed by atoms with Crippen LogP contribution >= 0.6 is 0 Å². The number of nitrogens with one attached hydrogen (secondary N) is 1. The summed E-state index contributed by atoms with van der Waals surface area (Å²) in [4.78, 5) is 32.0. The van der Waals surface area contributed by atoms with Crippen molar-refractivity contribution < 1.29 is 9.59 Å². The maximum absolute atomic E-state index is 12.5. The molecule has 116 valence electrons. The molecule has 1 fully saturated rings. The van der Waals surface area contributed by atoms with Crippen molar-refractivity contribution in [3.63, 3.8) is 0 Å². The van der Waals surface area contributed by atoms with E-state index in [0.29, 0.717) is 23.9 Å². The smallest absolute Gasteiger partial charge is 0.341 e. The van der Waals surface area contributed by atoms with Crippen molar-refractivity contribution in [1.82, 2.24) is 15.1 Å². The minimum atomic E-state index is -0.315. The molecule has 0 aromatic heterocycles.